The van der Waals surface area contributed by atoms with Crippen molar-refractivity contribution in [3.63, 3.8) is 0 Å². The molecule has 0 spiro atoms. The van der Waals surface area contributed by atoms with E-state index in [-0.39, 0.29) is 12.2 Å². The normalized spacial score (nSPS) is 12.6. The Labute approximate surface area is 161 Å². The summed E-state index contributed by atoms with van der Waals surface area (Å²) in [7, 11) is 1.73. The van der Waals surface area contributed by atoms with Gasteiger partial charge in [-0.25, -0.2) is 4.79 Å². The molecule has 6 heteroatoms. The quantitative estimate of drug-likeness (QED) is 0.531. The maximum Gasteiger partial charge on any atom is 0.410 e. The van der Waals surface area contributed by atoms with Gasteiger partial charge >= 0.3 is 6.09 Å². The molecule has 0 saturated heterocycles. The van der Waals surface area contributed by atoms with Gasteiger partial charge in [0, 0.05) is 31.1 Å². The summed E-state index contributed by atoms with van der Waals surface area (Å²) in [6.45, 7) is 8.24. The van der Waals surface area contributed by atoms with Crippen LogP contribution in [-0.4, -0.2) is 36.3 Å². The number of carbonyl (C=O) groups is 1. The van der Waals surface area contributed by atoms with E-state index in [0.717, 1.165) is 19.3 Å². The van der Waals surface area contributed by atoms with Gasteiger partial charge in [0.15, 0.2) is 0 Å². The van der Waals surface area contributed by atoms with Crippen LogP contribution in [0, 0.1) is 0 Å². The number of ether oxygens (including phenoxy) is 2. The van der Waals surface area contributed by atoms with E-state index in [4.69, 9.17) is 32.7 Å². The molecule has 1 rings (SSSR count). The van der Waals surface area contributed by atoms with Gasteiger partial charge in [0.2, 0.25) is 0 Å². The van der Waals surface area contributed by atoms with Gasteiger partial charge in [-0.3, -0.25) is 0 Å². The highest BCUT2D eigenvalue weighted by Crippen LogP contribution is 2.29. The van der Waals surface area contributed by atoms with Gasteiger partial charge in [0.1, 0.15) is 17.5 Å². The van der Waals surface area contributed by atoms with Crippen molar-refractivity contribution in [1.82, 2.24) is 4.90 Å². The van der Waals surface area contributed by atoms with Crippen molar-refractivity contribution in [3.8, 4) is 5.75 Å². The van der Waals surface area contributed by atoms with E-state index >= 15 is 0 Å². The van der Waals surface area contributed by atoms with Crippen molar-refractivity contribution >= 4 is 29.3 Å². The molecule has 4 nitrogen and oxygen atoms in total. The van der Waals surface area contributed by atoms with E-state index in [1.165, 1.54) is 0 Å². The Kier molecular flexibility index (Phi) is 8.87. The summed E-state index contributed by atoms with van der Waals surface area (Å²) >= 11 is 12.2. The molecule has 0 aromatic heterocycles. The van der Waals surface area contributed by atoms with Crippen LogP contribution in [0.15, 0.2) is 18.2 Å². The number of hydrogen-bond donors (Lipinski definition) is 0. The molecule has 0 aliphatic carbocycles. The van der Waals surface area contributed by atoms with Crippen molar-refractivity contribution < 1.29 is 14.3 Å². The fraction of sp³-hybridized carbons (Fsp3) is 0.632. The number of hydrogen-bond acceptors (Lipinski definition) is 3. The minimum Gasteiger partial charge on any atom is -0.489 e. The monoisotopic (exact) mass is 389 g/mol. The van der Waals surface area contributed by atoms with Gasteiger partial charge < -0.3 is 14.4 Å². The number of carbonyl (C=O) groups excluding carboxylic acids is 1. The Morgan fingerprint density at radius 3 is 2.52 bits per heavy atom. The molecule has 1 aromatic carbocycles. The Morgan fingerprint density at radius 2 is 1.92 bits per heavy atom. The van der Waals surface area contributed by atoms with Crippen LogP contribution in [0.25, 0.3) is 0 Å². The minimum absolute atomic E-state index is 0.0409. The van der Waals surface area contributed by atoms with Crippen molar-refractivity contribution in [3.05, 3.63) is 28.2 Å². The van der Waals surface area contributed by atoms with Crippen LogP contribution in [0.2, 0.25) is 10.0 Å². The second-order valence-electron chi connectivity index (χ2n) is 7.15. The first-order valence-corrected chi connectivity index (χ1v) is 9.43. The maximum atomic E-state index is 12.1. The van der Waals surface area contributed by atoms with Crippen molar-refractivity contribution in [2.75, 3.05) is 13.6 Å². The number of nitrogens with zero attached hydrogens (tertiary/aromatic N) is 1. The van der Waals surface area contributed by atoms with E-state index in [1.54, 1.807) is 30.1 Å². The third-order valence-corrected chi connectivity index (χ3v) is 4.11. The Balaban J connectivity index is 2.66. The Hall–Kier alpha value is -1.13. The van der Waals surface area contributed by atoms with Gasteiger partial charge in [-0.2, -0.15) is 0 Å². The van der Waals surface area contributed by atoms with Crippen LogP contribution < -0.4 is 4.74 Å². The number of rotatable bonds is 8. The van der Waals surface area contributed by atoms with Gasteiger partial charge in [-0.05, 0) is 39.3 Å². The zero-order valence-corrected chi connectivity index (χ0v) is 17.3. The molecule has 0 N–H and O–H groups in total. The predicted molar refractivity (Wildman–Crippen MR) is 104 cm³/mol. The van der Waals surface area contributed by atoms with Gasteiger partial charge in [-0.1, -0.05) is 43.0 Å². The average Bonchev–Trinajstić information content (AvgIpc) is 2.51. The maximum absolute atomic E-state index is 12.1. The highest BCUT2D eigenvalue weighted by molar-refractivity contribution is 6.34. The molecule has 0 saturated carbocycles. The molecule has 1 unspecified atom stereocenters. The van der Waals surface area contributed by atoms with E-state index in [2.05, 4.69) is 6.92 Å². The minimum atomic E-state index is -0.502. The van der Waals surface area contributed by atoms with Crippen LogP contribution in [0.4, 0.5) is 4.79 Å². The fourth-order valence-corrected chi connectivity index (χ4v) is 2.53. The van der Waals surface area contributed by atoms with Crippen LogP contribution in [0.5, 0.6) is 5.75 Å². The van der Waals surface area contributed by atoms with Crippen molar-refractivity contribution in [1.29, 1.82) is 0 Å². The predicted octanol–water partition coefficient (Wildman–Crippen LogP) is 6.19. The lowest BCUT2D eigenvalue weighted by atomic mass is 10.1. The molecule has 1 aromatic rings. The summed E-state index contributed by atoms with van der Waals surface area (Å²) in [5.41, 5.74) is -0.502. The lowest BCUT2D eigenvalue weighted by Crippen LogP contribution is -2.36. The summed E-state index contributed by atoms with van der Waals surface area (Å²) in [6.07, 6.45) is 3.33. The number of benzene rings is 1. The summed E-state index contributed by atoms with van der Waals surface area (Å²) in [5.74, 6) is 0.579. The first kappa shape index (κ1) is 21.9. The Bertz CT molecular complexity index is 558. The third kappa shape index (κ3) is 8.68. The van der Waals surface area contributed by atoms with Crippen LogP contribution >= 0.6 is 23.2 Å². The van der Waals surface area contributed by atoms with E-state index in [1.807, 2.05) is 20.8 Å². The lowest BCUT2D eigenvalue weighted by molar-refractivity contribution is 0.0277. The molecule has 0 fully saturated rings. The molecule has 25 heavy (non-hydrogen) atoms. The van der Waals surface area contributed by atoms with Gasteiger partial charge in [0.05, 0.1) is 5.02 Å². The van der Waals surface area contributed by atoms with Crippen LogP contribution in [-0.2, 0) is 4.74 Å². The Morgan fingerprint density at radius 1 is 1.24 bits per heavy atom. The summed E-state index contributed by atoms with van der Waals surface area (Å²) in [4.78, 5) is 13.6. The molecule has 0 heterocycles. The molecule has 1 atom stereocenters. The van der Waals surface area contributed by atoms with Crippen molar-refractivity contribution in [2.24, 2.45) is 0 Å². The smallest absolute Gasteiger partial charge is 0.410 e. The molecule has 0 radical (unpaired) electrons. The summed E-state index contributed by atoms with van der Waals surface area (Å²) < 4.78 is 11.4. The largest absolute Gasteiger partial charge is 0.489 e. The zero-order chi connectivity index (χ0) is 19.0. The number of halogens is 2. The summed E-state index contributed by atoms with van der Waals surface area (Å²) in [5, 5.41) is 1.12. The molecule has 0 bridgehead atoms. The van der Waals surface area contributed by atoms with Crippen LogP contribution in [0.1, 0.15) is 53.4 Å². The van der Waals surface area contributed by atoms with Crippen LogP contribution in [0.3, 0.4) is 0 Å². The zero-order valence-electron chi connectivity index (χ0n) is 15.8. The molecular formula is C19H29Cl2NO3. The summed E-state index contributed by atoms with van der Waals surface area (Å²) in [6, 6.07) is 5.18. The first-order chi connectivity index (χ1) is 11.6. The molecule has 142 valence electrons. The first-order valence-electron chi connectivity index (χ1n) is 8.68. The fourth-order valence-electron chi connectivity index (χ4n) is 2.21. The van der Waals surface area contributed by atoms with Gasteiger partial charge in [-0.15, -0.1) is 0 Å². The highest BCUT2D eigenvalue weighted by Gasteiger charge is 2.21. The van der Waals surface area contributed by atoms with E-state index in [9.17, 15) is 4.79 Å². The standard InChI is InChI=1S/C19H29Cl2NO3/c1-6-7-8-15(24-17-13-14(20)9-10-16(17)21)11-12-22(5)18(23)25-19(2,3)4/h9-10,13,15H,6-8,11-12H2,1-5H3. The number of amides is 1. The van der Waals surface area contributed by atoms with Crippen molar-refractivity contribution in [2.45, 2.75) is 65.1 Å². The number of unbranched alkanes of at least 4 members (excludes halogenated alkanes) is 1. The van der Waals surface area contributed by atoms with Gasteiger partial charge in [0.25, 0.3) is 0 Å². The molecule has 0 aliphatic rings. The molecular weight excluding hydrogens is 361 g/mol. The molecule has 0 aliphatic heterocycles. The SMILES string of the molecule is CCCCC(CCN(C)C(=O)OC(C)(C)C)Oc1cc(Cl)ccc1Cl. The third-order valence-electron chi connectivity index (χ3n) is 3.56. The highest BCUT2D eigenvalue weighted by atomic mass is 35.5. The topological polar surface area (TPSA) is 38.8 Å². The van der Waals surface area contributed by atoms with E-state index < -0.39 is 5.60 Å². The van der Waals surface area contributed by atoms with E-state index in [0.29, 0.717) is 28.8 Å². The second kappa shape index (κ2) is 10.1. The molecule has 1 amide bonds. The lowest BCUT2D eigenvalue weighted by Gasteiger charge is -2.26. The second-order valence-corrected chi connectivity index (χ2v) is 7.99. The average molecular weight is 390 g/mol.